The van der Waals surface area contributed by atoms with E-state index in [1.54, 1.807) is 0 Å². The summed E-state index contributed by atoms with van der Waals surface area (Å²) >= 11 is 0. The molecule has 0 aromatic heterocycles. The van der Waals surface area contributed by atoms with Gasteiger partial charge in [0.25, 0.3) is 0 Å². The molecule has 4 heteroatoms. The fraction of sp³-hybridized carbons (Fsp3) is 0.455. The summed E-state index contributed by atoms with van der Waals surface area (Å²) in [4.78, 5) is 0. The van der Waals surface area contributed by atoms with E-state index in [0.29, 0.717) is 5.56 Å². The Balaban J connectivity index is 3.21. The standard InChI is InChI=1S/C11H13F3O/c1-10(2,3)8-5-4-7(6-9(8)15)11(12,13)14/h4-6,15H,1-3H3. The SMILES string of the molecule is CC(C)(C)c1ccc(C(F)(F)F)cc1O. The van der Waals surface area contributed by atoms with Gasteiger partial charge in [0.1, 0.15) is 5.75 Å². The highest BCUT2D eigenvalue weighted by molar-refractivity contribution is 5.41. The number of hydrogen-bond donors (Lipinski definition) is 1. The molecule has 15 heavy (non-hydrogen) atoms. The number of phenols is 1. The van der Waals surface area contributed by atoms with Crippen LogP contribution in [-0.2, 0) is 11.6 Å². The lowest BCUT2D eigenvalue weighted by Gasteiger charge is -2.21. The maximum absolute atomic E-state index is 12.3. The quantitative estimate of drug-likeness (QED) is 0.703. The second kappa shape index (κ2) is 3.43. The summed E-state index contributed by atoms with van der Waals surface area (Å²) in [6.07, 6.45) is -4.41. The van der Waals surface area contributed by atoms with Crippen LogP contribution in [0.15, 0.2) is 18.2 Å². The molecule has 0 aliphatic heterocycles. The van der Waals surface area contributed by atoms with Gasteiger partial charge >= 0.3 is 6.18 Å². The Labute approximate surface area is 86.5 Å². The van der Waals surface area contributed by atoms with Gasteiger partial charge in [-0.25, -0.2) is 0 Å². The van der Waals surface area contributed by atoms with Crippen molar-refractivity contribution in [2.24, 2.45) is 0 Å². The lowest BCUT2D eigenvalue weighted by atomic mass is 9.86. The summed E-state index contributed by atoms with van der Waals surface area (Å²) in [6.45, 7) is 5.49. The number of hydrogen-bond acceptors (Lipinski definition) is 1. The first-order valence-corrected chi connectivity index (χ1v) is 4.53. The molecule has 0 saturated heterocycles. The maximum atomic E-state index is 12.3. The number of benzene rings is 1. The number of halogens is 3. The van der Waals surface area contributed by atoms with E-state index in [1.165, 1.54) is 6.07 Å². The van der Waals surface area contributed by atoms with Gasteiger partial charge in [-0.1, -0.05) is 26.8 Å². The molecule has 0 aliphatic carbocycles. The average molecular weight is 218 g/mol. The van der Waals surface area contributed by atoms with Gasteiger partial charge in [0.2, 0.25) is 0 Å². The van der Waals surface area contributed by atoms with Crippen LogP contribution in [0.2, 0.25) is 0 Å². The monoisotopic (exact) mass is 218 g/mol. The molecule has 0 atom stereocenters. The largest absolute Gasteiger partial charge is 0.508 e. The van der Waals surface area contributed by atoms with Gasteiger partial charge in [-0.15, -0.1) is 0 Å². The third-order valence-corrected chi connectivity index (χ3v) is 2.13. The van der Waals surface area contributed by atoms with Crippen molar-refractivity contribution in [2.75, 3.05) is 0 Å². The minimum atomic E-state index is -4.41. The average Bonchev–Trinajstić information content (AvgIpc) is 1.99. The first-order valence-electron chi connectivity index (χ1n) is 4.53. The van der Waals surface area contributed by atoms with E-state index in [-0.39, 0.29) is 11.2 Å². The number of phenolic OH excluding ortho intramolecular Hbond substituents is 1. The Kier molecular flexibility index (Phi) is 2.72. The molecule has 0 unspecified atom stereocenters. The van der Waals surface area contributed by atoms with E-state index in [2.05, 4.69) is 0 Å². The molecule has 0 saturated carbocycles. The fourth-order valence-electron chi connectivity index (χ4n) is 1.34. The third kappa shape index (κ3) is 2.64. The van der Waals surface area contributed by atoms with Gasteiger partial charge in [0, 0.05) is 0 Å². The molecule has 1 rings (SSSR count). The van der Waals surface area contributed by atoms with Crippen molar-refractivity contribution in [3.05, 3.63) is 29.3 Å². The second-order valence-electron chi connectivity index (χ2n) is 4.48. The van der Waals surface area contributed by atoms with Gasteiger partial charge in [-0.3, -0.25) is 0 Å². The molecular formula is C11H13F3O. The van der Waals surface area contributed by atoms with Crippen molar-refractivity contribution in [1.29, 1.82) is 0 Å². The molecule has 1 aromatic carbocycles. The Morgan fingerprint density at radius 3 is 1.93 bits per heavy atom. The zero-order valence-corrected chi connectivity index (χ0v) is 8.81. The van der Waals surface area contributed by atoms with Crippen LogP contribution in [0, 0.1) is 0 Å². The van der Waals surface area contributed by atoms with Crippen molar-refractivity contribution in [2.45, 2.75) is 32.4 Å². The van der Waals surface area contributed by atoms with Crippen molar-refractivity contribution in [3.8, 4) is 5.75 Å². The van der Waals surface area contributed by atoms with Gasteiger partial charge in [0.15, 0.2) is 0 Å². The Morgan fingerprint density at radius 2 is 1.60 bits per heavy atom. The van der Waals surface area contributed by atoms with Crippen LogP contribution in [0.5, 0.6) is 5.75 Å². The van der Waals surface area contributed by atoms with Crippen molar-refractivity contribution in [1.82, 2.24) is 0 Å². The number of aromatic hydroxyl groups is 1. The van der Waals surface area contributed by atoms with Crippen LogP contribution in [0.25, 0.3) is 0 Å². The molecule has 84 valence electrons. The van der Waals surface area contributed by atoms with E-state index in [9.17, 15) is 18.3 Å². The normalized spacial score (nSPS) is 12.9. The summed E-state index contributed by atoms with van der Waals surface area (Å²) in [5.41, 5.74) is -0.683. The van der Waals surface area contributed by atoms with Crippen LogP contribution < -0.4 is 0 Å². The van der Waals surface area contributed by atoms with Gasteiger partial charge in [-0.05, 0) is 23.1 Å². The maximum Gasteiger partial charge on any atom is 0.416 e. The van der Waals surface area contributed by atoms with E-state index >= 15 is 0 Å². The Bertz CT molecular complexity index is 361. The molecule has 0 aliphatic rings. The van der Waals surface area contributed by atoms with Crippen LogP contribution in [0.4, 0.5) is 13.2 Å². The Morgan fingerprint density at radius 1 is 1.07 bits per heavy atom. The lowest BCUT2D eigenvalue weighted by Crippen LogP contribution is -2.12. The molecule has 1 N–H and O–H groups in total. The van der Waals surface area contributed by atoms with Gasteiger partial charge in [-0.2, -0.15) is 13.2 Å². The fourth-order valence-corrected chi connectivity index (χ4v) is 1.34. The van der Waals surface area contributed by atoms with E-state index in [4.69, 9.17) is 0 Å². The van der Waals surface area contributed by atoms with Gasteiger partial charge < -0.3 is 5.11 Å². The first-order chi connectivity index (χ1) is 6.62. The van der Waals surface area contributed by atoms with Crippen molar-refractivity contribution < 1.29 is 18.3 Å². The summed E-state index contributed by atoms with van der Waals surface area (Å²) < 4.78 is 36.9. The second-order valence-corrected chi connectivity index (χ2v) is 4.48. The zero-order chi connectivity index (χ0) is 11.9. The number of alkyl halides is 3. The highest BCUT2D eigenvalue weighted by atomic mass is 19.4. The predicted octanol–water partition coefficient (Wildman–Crippen LogP) is 3.71. The van der Waals surface area contributed by atoms with Crippen molar-refractivity contribution in [3.63, 3.8) is 0 Å². The summed E-state index contributed by atoms with van der Waals surface area (Å²) in [5.74, 6) is -0.308. The van der Waals surface area contributed by atoms with Crippen LogP contribution in [0.1, 0.15) is 31.9 Å². The molecule has 0 bridgehead atoms. The highest BCUT2D eigenvalue weighted by Crippen LogP contribution is 2.36. The highest BCUT2D eigenvalue weighted by Gasteiger charge is 2.32. The first kappa shape index (κ1) is 11.9. The van der Waals surface area contributed by atoms with Crippen LogP contribution in [0.3, 0.4) is 0 Å². The summed E-state index contributed by atoms with van der Waals surface area (Å²) in [7, 11) is 0. The van der Waals surface area contributed by atoms with Crippen LogP contribution >= 0.6 is 0 Å². The molecule has 0 spiro atoms. The number of rotatable bonds is 0. The Hall–Kier alpha value is -1.19. The minimum Gasteiger partial charge on any atom is -0.508 e. The third-order valence-electron chi connectivity index (χ3n) is 2.13. The molecular weight excluding hydrogens is 205 g/mol. The van der Waals surface area contributed by atoms with Crippen LogP contribution in [-0.4, -0.2) is 5.11 Å². The molecule has 0 heterocycles. The predicted molar refractivity (Wildman–Crippen MR) is 51.8 cm³/mol. The zero-order valence-electron chi connectivity index (χ0n) is 8.81. The molecule has 0 radical (unpaired) electrons. The van der Waals surface area contributed by atoms with Gasteiger partial charge in [0.05, 0.1) is 5.56 Å². The minimum absolute atomic E-state index is 0.308. The van der Waals surface area contributed by atoms with E-state index < -0.39 is 11.7 Å². The smallest absolute Gasteiger partial charge is 0.416 e. The topological polar surface area (TPSA) is 20.2 Å². The summed E-state index contributed by atoms with van der Waals surface area (Å²) in [5, 5.41) is 9.49. The lowest BCUT2D eigenvalue weighted by molar-refractivity contribution is -0.137. The van der Waals surface area contributed by atoms with E-state index in [0.717, 1.165) is 12.1 Å². The summed E-state index contributed by atoms with van der Waals surface area (Å²) in [6, 6.07) is 3.07. The molecule has 1 aromatic rings. The molecule has 1 nitrogen and oxygen atoms in total. The van der Waals surface area contributed by atoms with Crippen molar-refractivity contribution >= 4 is 0 Å². The molecule has 0 amide bonds. The van der Waals surface area contributed by atoms with E-state index in [1.807, 2.05) is 20.8 Å². The molecule has 0 fully saturated rings.